The third kappa shape index (κ3) is 4.83. The average molecular weight is 370 g/mol. The topological polar surface area (TPSA) is 49.4 Å². The Labute approximate surface area is 159 Å². The lowest BCUT2D eigenvalue weighted by molar-refractivity contribution is 0.201. The van der Waals surface area contributed by atoms with Crippen molar-refractivity contribution in [2.24, 2.45) is 0 Å². The fourth-order valence-corrected chi connectivity index (χ4v) is 4.15. The van der Waals surface area contributed by atoms with Crippen LogP contribution in [0.4, 0.5) is 4.39 Å². The first kappa shape index (κ1) is 18.3. The molecule has 6 heteroatoms. The Bertz CT molecular complexity index is 712. The predicted molar refractivity (Wildman–Crippen MR) is 103 cm³/mol. The van der Waals surface area contributed by atoms with Crippen molar-refractivity contribution >= 4 is 0 Å². The maximum Gasteiger partial charge on any atom is 0.123 e. The largest absolute Gasteiger partial charge is 0.494 e. The van der Waals surface area contributed by atoms with Gasteiger partial charge in [-0.3, -0.25) is 20.7 Å². The highest BCUT2D eigenvalue weighted by molar-refractivity contribution is 5.22. The summed E-state index contributed by atoms with van der Waals surface area (Å²) >= 11 is 0. The fraction of sp³-hybridized carbons (Fsp3) is 0.476. The minimum absolute atomic E-state index is 0.237. The van der Waals surface area contributed by atoms with Crippen molar-refractivity contribution in [2.75, 3.05) is 13.2 Å². The average Bonchev–Trinajstić information content (AvgIpc) is 3.33. The van der Waals surface area contributed by atoms with Gasteiger partial charge < -0.3 is 4.74 Å². The number of hydrogen-bond donors (Lipinski definition) is 2. The molecule has 0 radical (unpaired) electrons. The highest BCUT2D eigenvalue weighted by Gasteiger charge is 2.36. The van der Waals surface area contributed by atoms with Gasteiger partial charge in [-0.15, -0.1) is 0 Å². The molecular formula is C21H27FN4O. The number of likely N-dealkylation sites (tertiary alicyclic amines) is 1. The molecule has 3 unspecified atom stereocenters. The molecule has 3 heterocycles. The van der Waals surface area contributed by atoms with Crippen LogP contribution in [0.2, 0.25) is 0 Å². The van der Waals surface area contributed by atoms with E-state index in [0.29, 0.717) is 24.7 Å². The van der Waals surface area contributed by atoms with E-state index in [4.69, 9.17) is 4.74 Å². The number of nitrogens with zero attached hydrogens (tertiary/aromatic N) is 2. The van der Waals surface area contributed by atoms with Crippen LogP contribution in [0.5, 0.6) is 5.75 Å². The van der Waals surface area contributed by atoms with E-state index >= 15 is 0 Å². The number of aromatic nitrogens is 1. The SMILES string of the molecule is Fc1ccc(OCCC2CC(C3CCCN3Cc3ccccn3)NN2)cc1. The zero-order valence-corrected chi connectivity index (χ0v) is 15.5. The molecule has 2 aliphatic heterocycles. The molecule has 1 aromatic carbocycles. The third-order valence-corrected chi connectivity index (χ3v) is 5.53. The third-order valence-electron chi connectivity index (χ3n) is 5.53. The Morgan fingerprint density at radius 2 is 2.04 bits per heavy atom. The van der Waals surface area contributed by atoms with Crippen molar-refractivity contribution in [3.05, 3.63) is 60.2 Å². The van der Waals surface area contributed by atoms with Gasteiger partial charge in [0.15, 0.2) is 0 Å². The molecule has 0 saturated carbocycles. The molecule has 1 aromatic heterocycles. The van der Waals surface area contributed by atoms with Gasteiger partial charge in [0.05, 0.1) is 12.3 Å². The van der Waals surface area contributed by atoms with Crippen LogP contribution >= 0.6 is 0 Å². The van der Waals surface area contributed by atoms with Crippen LogP contribution in [0.1, 0.15) is 31.4 Å². The smallest absolute Gasteiger partial charge is 0.123 e. The molecule has 3 atom stereocenters. The van der Waals surface area contributed by atoms with Crippen LogP contribution in [0, 0.1) is 5.82 Å². The lowest BCUT2D eigenvalue weighted by atomic mass is 9.99. The van der Waals surface area contributed by atoms with Crippen molar-refractivity contribution in [2.45, 2.75) is 50.4 Å². The van der Waals surface area contributed by atoms with Gasteiger partial charge in [0.2, 0.25) is 0 Å². The Morgan fingerprint density at radius 3 is 2.85 bits per heavy atom. The number of halogens is 1. The standard InChI is InChI=1S/C21H27FN4O/c22-16-6-8-19(9-7-16)27-13-10-17-14-20(25-24-17)21-5-3-12-26(21)15-18-4-1-2-11-23-18/h1-2,4,6-9,11,17,20-21,24-25H,3,5,10,12-15H2. The molecule has 4 rings (SSSR count). The number of benzene rings is 1. The summed E-state index contributed by atoms with van der Waals surface area (Å²) in [7, 11) is 0. The van der Waals surface area contributed by atoms with Gasteiger partial charge >= 0.3 is 0 Å². The Hall–Kier alpha value is -2.02. The summed E-state index contributed by atoms with van der Waals surface area (Å²) in [5.74, 6) is 0.481. The Balaban J connectivity index is 1.24. The molecule has 2 fully saturated rings. The van der Waals surface area contributed by atoms with Crippen molar-refractivity contribution in [3.63, 3.8) is 0 Å². The lowest BCUT2D eigenvalue weighted by Gasteiger charge is -2.28. The Kier molecular flexibility index (Phi) is 5.97. The first-order valence-electron chi connectivity index (χ1n) is 9.81. The maximum absolute atomic E-state index is 12.9. The van der Waals surface area contributed by atoms with Gasteiger partial charge in [0, 0.05) is 30.9 Å². The first-order valence-corrected chi connectivity index (χ1v) is 9.81. The summed E-state index contributed by atoms with van der Waals surface area (Å²) in [6, 6.07) is 13.7. The fourth-order valence-electron chi connectivity index (χ4n) is 4.15. The summed E-state index contributed by atoms with van der Waals surface area (Å²) in [5.41, 5.74) is 8.07. The van der Waals surface area contributed by atoms with Crippen molar-refractivity contribution in [1.82, 2.24) is 20.7 Å². The van der Waals surface area contributed by atoms with E-state index < -0.39 is 0 Å². The monoisotopic (exact) mass is 370 g/mol. The van der Waals surface area contributed by atoms with Gasteiger partial charge in [-0.05, 0) is 68.6 Å². The molecule has 2 aromatic rings. The minimum Gasteiger partial charge on any atom is -0.494 e. The molecule has 2 N–H and O–H groups in total. The normalized spacial score (nSPS) is 25.7. The van der Waals surface area contributed by atoms with Gasteiger partial charge in [-0.1, -0.05) is 6.07 Å². The summed E-state index contributed by atoms with van der Waals surface area (Å²) in [5, 5.41) is 0. The van der Waals surface area contributed by atoms with Gasteiger partial charge in [0.25, 0.3) is 0 Å². The number of hydrogen-bond acceptors (Lipinski definition) is 5. The molecule has 5 nitrogen and oxygen atoms in total. The zero-order valence-electron chi connectivity index (χ0n) is 15.5. The van der Waals surface area contributed by atoms with E-state index in [-0.39, 0.29) is 5.82 Å². The molecule has 27 heavy (non-hydrogen) atoms. The molecular weight excluding hydrogens is 343 g/mol. The number of rotatable bonds is 7. The lowest BCUT2D eigenvalue weighted by Crippen LogP contribution is -2.45. The highest BCUT2D eigenvalue weighted by atomic mass is 19.1. The van der Waals surface area contributed by atoms with E-state index in [0.717, 1.165) is 37.4 Å². The van der Waals surface area contributed by atoms with E-state index in [1.54, 1.807) is 12.1 Å². The number of ether oxygens (including phenoxy) is 1. The van der Waals surface area contributed by atoms with Crippen molar-refractivity contribution in [3.8, 4) is 5.75 Å². The second-order valence-corrected chi connectivity index (χ2v) is 7.42. The molecule has 2 saturated heterocycles. The number of pyridine rings is 1. The maximum atomic E-state index is 12.9. The molecule has 0 spiro atoms. The van der Waals surface area contributed by atoms with Crippen LogP contribution < -0.4 is 15.6 Å². The molecule has 0 bridgehead atoms. The molecule has 144 valence electrons. The predicted octanol–water partition coefficient (Wildman–Crippen LogP) is 2.89. The minimum atomic E-state index is -0.237. The zero-order chi connectivity index (χ0) is 18.5. The van der Waals surface area contributed by atoms with E-state index in [1.807, 2.05) is 12.3 Å². The second kappa shape index (κ2) is 8.78. The Morgan fingerprint density at radius 1 is 1.15 bits per heavy atom. The van der Waals surface area contributed by atoms with Gasteiger partial charge in [0.1, 0.15) is 11.6 Å². The molecule has 0 amide bonds. The highest BCUT2D eigenvalue weighted by Crippen LogP contribution is 2.26. The van der Waals surface area contributed by atoms with Gasteiger partial charge in [-0.2, -0.15) is 0 Å². The molecule has 2 aliphatic rings. The second-order valence-electron chi connectivity index (χ2n) is 7.42. The van der Waals surface area contributed by atoms with E-state index in [1.165, 1.54) is 25.0 Å². The summed E-state index contributed by atoms with van der Waals surface area (Å²) in [6.45, 7) is 2.68. The first-order chi connectivity index (χ1) is 13.3. The number of nitrogens with one attached hydrogen (secondary N) is 2. The van der Waals surface area contributed by atoms with Crippen LogP contribution in [0.3, 0.4) is 0 Å². The van der Waals surface area contributed by atoms with E-state index in [2.05, 4.69) is 32.9 Å². The molecule has 0 aliphatic carbocycles. The quantitative estimate of drug-likeness (QED) is 0.785. The number of hydrazine groups is 1. The van der Waals surface area contributed by atoms with E-state index in [9.17, 15) is 4.39 Å². The summed E-state index contributed by atoms with van der Waals surface area (Å²) in [6.07, 6.45) is 6.36. The summed E-state index contributed by atoms with van der Waals surface area (Å²) < 4.78 is 18.7. The van der Waals surface area contributed by atoms with Crippen LogP contribution in [-0.4, -0.2) is 41.2 Å². The summed E-state index contributed by atoms with van der Waals surface area (Å²) in [4.78, 5) is 7.03. The van der Waals surface area contributed by atoms with Crippen LogP contribution in [-0.2, 0) is 6.54 Å². The van der Waals surface area contributed by atoms with Crippen LogP contribution in [0.15, 0.2) is 48.7 Å². The van der Waals surface area contributed by atoms with Crippen molar-refractivity contribution < 1.29 is 9.13 Å². The van der Waals surface area contributed by atoms with Gasteiger partial charge in [-0.25, -0.2) is 4.39 Å². The van der Waals surface area contributed by atoms with Crippen molar-refractivity contribution in [1.29, 1.82) is 0 Å². The van der Waals surface area contributed by atoms with Crippen LogP contribution in [0.25, 0.3) is 0 Å².